The Morgan fingerprint density at radius 2 is 1.54 bits per heavy atom. The zero-order valence-corrected chi connectivity index (χ0v) is 14.7. The largest absolute Gasteiger partial charge is 0.492 e. The average molecular weight is 348 g/mol. The number of thiophene rings is 2. The first-order chi connectivity index (χ1) is 11.9. The molecule has 0 saturated carbocycles. The Labute approximate surface area is 149 Å². The highest BCUT2D eigenvalue weighted by Gasteiger charge is 2.41. The third-order valence-corrected chi connectivity index (χ3v) is 7.08. The summed E-state index contributed by atoms with van der Waals surface area (Å²) in [6, 6.07) is 21.7. The number of ether oxygens (including phenoxy) is 1. The molecule has 0 saturated heterocycles. The molecule has 0 amide bonds. The minimum atomic E-state index is -0.0700. The molecule has 2 aromatic heterocycles. The van der Waals surface area contributed by atoms with E-state index < -0.39 is 0 Å². The molecule has 24 heavy (non-hydrogen) atoms. The lowest BCUT2D eigenvalue weighted by atomic mass is 9.76. The van der Waals surface area contributed by atoms with Gasteiger partial charge in [-0.2, -0.15) is 0 Å². The van der Waals surface area contributed by atoms with Crippen molar-refractivity contribution < 1.29 is 4.74 Å². The Bertz CT molecular complexity index is 950. The summed E-state index contributed by atoms with van der Waals surface area (Å²) < 4.78 is 6.31. The summed E-state index contributed by atoms with van der Waals surface area (Å²) in [7, 11) is 0. The molecule has 3 heteroatoms. The predicted molar refractivity (Wildman–Crippen MR) is 103 cm³/mol. The summed E-state index contributed by atoms with van der Waals surface area (Å²) >= 11 is 3.67. The zero-order chi connectivity index (χ0) is 16.0. The van der Waals surface area contributed by atoms with Gasteiger partial charge in [-0.1, -0.05) is 42.5 Å². The van der Waals surface area contributed by atoms with Gasteiger partial charge in [-0.05, 0) is 46.2 Å². The van der Waals surface area contributed by atoms with E-state index in [1.807, 2.05) is 22.7 Å². The normalized spacial score (nSPS) is 15.8. The maximum absolute atomic E-state index is 6.31. The van der Waals surface area contributed by atoms with Gasteiger partial charge in [0.1, 0.15) is 12.4 Å². The number of hydrogen-bond donors (Lipinski definition) is 0. The van der Waals surface area contributed by atoms with Crippen LogP contribution in [-0.2, 0) is 11.8 Å². The molecular weight excluding hydrogens is 332 g/mol. The highest BCUT2D eigenvalue weighted by Crippen LogP contribution is 2.46. The Morgan fingerprint density at radius 1 is 0.792 bits per heavy atom. The molecule has 0 fully saturated rings. The van der Waals surface area contributed by atoms with Crippen LogP contribution in [0.3, 0.4) is 0 Å². The van der Waals surface area contributed by atoms with Crippen molar-refractivity contribution >= 4 is 33.4 Å². The Balaban J connectivity index is 1.75. The van der Waals surface area contributed by atoms with Gasteiger partial charge in [-0.3, -0.25) is 0 Å². The first-order valence-electron chi connectivity index (χ1n) is 8.08. The quantitative estimate of drug-likeness (QED) is 0.439. The molecule has 1 nitrogen and oxygen atoms in total. The maximum Gasteiger partial charge on any atom is 0.123 e. The number of fused-ring (bicyclic) bond motifs is 3. The van der Waals surface area contributed by atoms with Crippen molar-refractivity contribution in [2.75, 3.05) is 6.61 Å². The molecule has 1 aliphatic rings. The molecule has 0 bridgehead atoms. The molecule has 0 aliphatic carbocycles. The van der Waals surface area contributed by atoms with Crippen LogP contribution in [0.15, 0.2) is 71.4 Å². The van der Waals surface area contributed by atoms with Crippen molar-refractivity contribution in [1.29, 1.82) is 0 Å². The van der Waals surface area contributed by atoms with Crippen LogP contribution < -0.4 is 4.74 Å². The average Bonchev–Trinajstić information content (AvgIpc) is 3.35. The fourth-order valence-electron chi connectivity index (χ4n) is 3.73. The lowest BCUT2D eigenvalue weighted by Gasteiger charge is -2.37. The molecule has 0 unspecified atom stereocenters. The predicted octanol–water partition coefficient (Wildman–Crippen LogP) is 5.88. The van der Waals surface area contributed by atoms with Crippen LogP contribution in [0.1, 0.15) is 15.3 Å². The Morgan fingerprint density at radius 3 is 2.25 bits per heavy atom. The van der Waals surface area contributed by atoms with Crippen molar-refractivity contribution in [2.24, 2.45) is 0 Å². The SMILES string of the molecule is c1csc(C2(c3cccs3)COc3ccc4ccccc4c3C2)c1. The smallest absolute Gasteiger partial charge is 0.123 e. The third-order valence-electron chi connectivity index (χ3n) is 4.94. The van der Waals surface area contributed by atoms with Gasteiger partial charge < -0.3 is 4.74 Å². The summed E-state index contributed by atoms with van der Waals surface area (Å²) in [6.45, 7) is 0.708. The van der Waals surface area contributed by atoms with Crippen molar-refractivity contribution in [2.45, 2.75) is 11.8 Å². The number of benzene rings is 2. The van der Waals surface area contributed by atoms with Crippen LogP contribution in [0.5, 0.6) is 5.75 Å². The van der Waals surface area contributed by atoms with Gasteiger partial charge in [-0.15, -0.1) is 22.7 Å². The molecule has 4 aromatic rings. The second-order valence-electron chi connectivity index (χ2n) is 6.27. The lowest BCUT2D eigenvalue weighted by Crippen LogP contribution is -2.39. The molecule has 5 rings (SSSR count). The molecule has 0 radical (unpaired) electrons. The fraction of sp³-hybridized carbons (Fsp3) is 0.143. The van der Waals surface area contributed by atoms with Gasteiger partial charge >= 0.3 is 0 Å². The highest BCUT2D eigenvalue weighted by molar-refractivity contribution is 7.11. The molecule has 2 aromatic carbocycles. The second-order valence-corrected chi connectivity index (χ2v) is 8.16. The minimum absolute atomic E-state index is 0.0700. The topological polar surface area (TPSA) is 9.23 Å². The third kappa shape index (κ3) is 2.05. The van der Waals surface area contributed by atoms with Gasteiger partial charge in [0.25, 0.3) is 0 Å². The van der Waals surface area contributed by atoms with Crippen molar-refractivity contribution in [3.63, 3.8) is 0 Å². The summed E-state index contributed by atoms with van der Waals surface area (Å²) in [5, 5.41) is 6.94. The van der Waals surface area contributed by atoms with E-state index in [4.69, 9.17) is 4.74 Å². The maximum atomic E-state index is 6.31. The van der Waals surface area contributed by atoms with Gasteiger partial charge in [0, 0.05) is 15.3 Å². The van der Waals surface area contributed by atoms with E-state index in [1.165, 1.54) is 26.1 Å². The van der Waals surface area contributed by atoms with Gasteiger partial charge in [0.05, 0.1) is 5.41 Å². The van der Waals surface area contributed by atoms with Gasteiger partial charge in [0.15, 0.2) is 0 Å². The Hall–Kier alpha value is -2.10. The molecule has 1 aliphatic heterocycles. The minimum Gasteiger partial charge on any atom is -0.492 e. The lowest BCUT2D eigenvalue weighted by molar-refractivity contribution is 0.221. The van der Waals surface area contributed by atoms with E-state index >= 15 is 0 Å². The summed E-state index contributed by atoms with van der Waals surface area (Å²) in [4.78, 5) is 2.78. The van der Waals surface area contributed by atoms with Crippen LogP contribution in [0.2, 0.25) is 0 Å². The molecule has 0 spiro atoms. The van der Waals surface area contributed by atoms with Gasteiger partial charge in [-0.25, -0.2) is 0 Å². The van der Waals surface area contributed by atoms with Gasteiger partial charge in [0.2, 0.25) is 0 Å². The number of hydrogen-bond acceptors (Lipinski definition) is 3. The standard InChI is InChI=1S/C21H16OS2/c1-2-6-16-15(5-1)9-10-18-17(16)13-21(14-22-18,19-7-3-11-23-19)20-8-4-12-24-20/h1-12H,13-14H2. The fourth-order valence-corrected chi connectivity index (χ4v) is 5.65. The monoisotopic (exact) mass is 348 g/mol. The highest BCUT2D eigenvalue weighted by atomic mass is 32.1. The molecule has 0 N–H and O–H groups in total. The first kappa shape index (κ1) is 14.3. The van der Waals surface area contributed by atoms with Crippen molar-refractivity contribution in [3.05, 3.63) is 86.7 Å². The second kappa shape index (κ2) is 5.47. The van der Waals surface area contributed by atoms with E-state index in [0.29, 0.717) is 6.61 Å². The van der Waals surface area contributed by atoms with Crippen LogP contribution >= 0.6 is 22.7 Å². The number of rotatable bonds is 2. The van der Waals surface area contributed by atoms with E-state index in [0.717, 1.165) is 12.2 Å². The van der Waals surface area contributed by atoms with Crippen LogP contribution in [0.25, 0.3) is 10.8 Å². The molecule has 3 heterocycles. The molecule has 0 atom stereocenters. The zero-order valence-electron chi connectivity index (χ0n) is 13.1. The van der Waals surface area contributed by atoms with Crippen LogP contribution in [0.4, 0.5) is 0 Å². The summed E-state index contributed by atoms with van der Waals surface area (Å²) in [5.74, 6) is 1.04. The van der Waals surface area contributed by atoms with Crippen LogP contribution in [-0.4, -0.2) is 6.61 Å². The van der Waals surface area contributed by atoms with E-state index in [-0.39, 0.29) is 5.41 Å². The van der Waals surface area contributed by atoms with Crippen molar-refractivity contribution in [1.82, 2.24) is 0 Å². The molecular formula is C21H16OS2. The first-order valence-corrected chi connectivity index (χ1v) is 9.84. The molecule has 118 valence electrons. The Kier molecular flexibility index (Phi) is 3.25. The van der Waals surface area contributed by atoms with Crippen molar-refractivity contribution in [3.8, 4) is 5.75 Å². The van der Waals surface area contributed by atoms with E-state index in [2.05, 4.69) is 71.4 Å². The summed E-state index contributed by atoms with van der Waals surface area (Å²) in [5.41, 5.74) is 1.26. The summed E-state index contributed by atoms with van der Waals surface area (Å²) in [6.07, 6.45) is 0.991. The van der Waals surface area contributed by atoms with E-state index in [9.17, 15) is 0 Å². The van der Waals surface area contributed by atoms with E-state index in [1.54, 1.807) is 0 Å². The van der Waals surface area contributed by atoms with Crippen LogP contribution in [0, 0.1) is 0 Å².